The molecule has 1 aromatic heterocycles. The summed E-state index contributed by atoms with van der Waals surface area (Å²) in [6, 6.07) is 6.66. The van der Waals surface area contributed by atoms with E-state index in [-0.39, 0.29) is 11.8 Å². The van der Waals surface area contributed by atoms with E-state index in [1.54, 1.807) is 24.3 Å². The number of hydrazine groups is 1. The van der Waals surface area contributed by atoms with E-state index < -0.39 is 5.82 Å². The van der Waals surface area contributed by atoms with Crippen LogP contribution in [0.4, 0.5) is 10.3 Å². The number of nitrogens with two attached hydrogens (primary N) is 1. The average molecular weight is 255 g/mol. The molecule has 7 heteroatoms. The zero-order chi connectivity index (χ0) is 12.3. The van der Waals surface area contributed by atoms with Crippen LogP contribution in [-0.2, 0) is 0 Å². The molecule has 0 spiro atoms. The summed E-state index contributed by atoms with van der Waals surface area (Å²) in [5.74, 6) is 4.51. The van der Waals surface area contributed by atoms with Crippen molar-refractivity contribution in [3.8, 4) is 11.6 Å². The van der Waals surface area contributed by atoms with Crippen molar-refractivity contribution in [1.82, 2.24) is 9.97 Å². The lowest BCUT2D eigenvalue weighted by atomic mass is 10.3. The lowest BCUT2D eigenvalue weighted by Crippen LogP contribution is -2.11. The predicted molar refractivity (Wildman–Crippen MR) is 61.3 cm³/mol. The molecule has 1 aromatic carbocycles. The number of nitrogens with zero attached hydrogens (tertiary/aromatic N) is 2. The summed E-state index contributed by atoms with van der Waals surface area (Å²) in [6.07, 6.45) is 0.953. The van der Waals surface area contributed by atoms with E-state index in [9.17, 15) is 4.39 Å². The molecule has 1 heterocycles. The SMILES string of the molecule is NNc1ncc(F)c(Oc2ccccc2Cl)n1. The summed E-state index contributed by atoms with van der Waals surface area (Å²) >= 11 is 5.87. The molecule has 0 aliphatic rings. The maximum absolute atomic E-state index is 13.4. The Kier molecular flexibility index (Phi) is 3.36. The van der Waals surface area contributed by atoms with Crippen molar-refractivity contribution < 1.29 is 9.13 Å². The van der Waals surface area contributed by atoms with Gasteiger partial charge in [-0.1, -0.05) is 23.7 Å². The minimum atomic E-state index is -0.705. The number of para-hydroxylation sites is 1. The number of nitrogens with one attached hydrogen (secondary N) is 1. The van der Waals surface area contributed by atoms with Gasteiger partial charge in [-0.15, -0.1) is 0 Å². The van der Waals surface area contributed by atoms with E-state index in [0.29, 0.717) is 10.8 Å². The van der Waals surface area contributed by atoms with E-state index in [1.165, 1.54) is 0 Å². The zero-order valence-corrected chi connectivity index (χ0v) is 9.28. The third kappa shape index (κ3) is 2.61. The number of rotatable bonds is 3. The number of ether oxygens (including phenoxy) is 1. The van der Waals surface area contributed by atoms with Crippen LogP contribution in [-0.4, -0.2) is 9.97 Å². The topological polar surface area (TPSA) is 73.1 Å². The van der Waals surface area contributed by atoms with Gasteiger partial charge < -0.3 is 4.74 Å². The fourth-order valence-electron chi connectivity index (χ4n) is 1.12. The third-order valence-corrected chi connectivity index (χ3v) is 2.20. The molecule has 0 bridgehead atoms. The van der Waals surface area contributed by atoms with Crippen LogP contribution in [0, 0.1) is 5.82 Å². The molecule has 0 atom stereocenters. The van der Waals surface area contributed by atoms with Crippen LogP contribution in [0.15, 0.2) is 30.5 Å². The first-order valence-electron chi connectivity index (χ1n) is 4.62. The van der Waals surface area contributed by atoms with Crippen LogP contribution in [0.1, 0.15) is 0 Å². The van der Waals surface area contributed by atoms with Crippen LogP contribution >= 0.6 is 11.6 Å². The van der Waals surface area contributed by atoms with E-state index in [4.69, 9.17) is 22.2 Å². The molecule has 0 aliphatic heterocycles. The smallest absolute Gasteiger partial charge is 0.260 e. The van der Waals surface area contributed by atoms with Crippen molar-refractivity contribution in [3.05, 3.63) is 41.3 Å². The van der Waals surface area contributed by atoms with E-state index >= 15 is 0 Å². The highest BCUT2D eigenvalue weighted by Gasteiger charge is 2.10. The van der Waals surface area contributed by atoms with Crippen LogP contribution < -0.4 is 16.0 Å². The van der Waals surface area contributed by atoms with E-state index in [0.717, 1.165) is 6.20 Å². The zero-order valence-electron chi connectivity index (χ0n) is 8.52. The summed E-state index contributed by atoms with van der Waals surface area (Å²) in [7, 11) is 0. The molecular weight excluding hydrogens is 247 g/mol. The lowest BCUT2D eigenvalue weighted by Gasteiger charge is -2.07. The van der Waals surface area contributed by atoms with Crippen molar-refractivity contribution in [2.45, 2.75) is 0 Å². The van der Waals surface area contributed by atoms with Gasteiger partial charge in [-0.25, -0.2) is 10.8 Å². The van der Waals surface area contributed by atoms with Gasteiger partial charge in [0, 0.05) is 0 Å². The van der Waals surface area contributed by atoms with Crippen molar-refractivity contribution in [2.75, 3.05) is 5.43 Å². The van der Waals surface area contributed by atoms with Crippen molar-refractivity contribution >= 4 is 17.5 Å². The first-order chi connectivity index (χ1) is 8.20. The highest BCUT2D eigenvalue weighted by Crippen LogP contribution is 2.29. The first kappa shape index (κ1) is 11.6. The minimum absolute atomic E-state index is 0.0495. The molecule has 0 unspecified atom stereocenters. The quantitative estimate of drug-likeness (QED) is 0.650. The van der Waals surface area contributed by atoms with Gasteiger partial charge in [0.2, 0.25) is 11.8 Å². The third-order valence-electron chi connectivity index (χ3n) is 1.88. The van der Waals surface area contributed by atoms with E-state index in [2.05, 4.69) is 15.4 Å². The lowest BCUT2D eigenvalue weighted by molar-refractivity contribution is 0.421. The Morgan fingerprint density at radius 3 is 2.82 bits per heavy atom. The highest BCUT2D eigenvalue weighted by atomic mass is 35.5. The number of hydrogen-bond acceptors (Lipinski definition) is 5. The summed E-state index contributed by atoms with van der Waals surface area (Å²) < 4.78 is 18.6. The summed E-state index contributed by atoms with van der Waals surface area (Å²) in [5.41, 5.74) is 2.19. The molecular formula is C10H8ClFN4O. The largest absolute Gasteiger partial charge is 0.435 e. The second-order valence-electron chi connectivity index (χ2n) is 3.02. The monoisotopic (exact) mass is 254 g/mol. The number of nitrogen functional groups attached to an aromatic ring is 1. The van der Waals surface area contributed by atoms with Crippen LogP contribution in [0.2, 0.25) is 5.02 Å². The van der Waals surface area contributed by atoms with Gasteiger partial charge in [0.15, 0.2) is 0 Å². The molecule has 2 rings (SSSR count). The van der Waals surface area contributed by atoms with Gasteiger partial charge in [0.1, 0.15) is 5.75 Å². The Labute approximate surface area is 101 Å². The maximum Gasteiger partial charge on any atom is 0.260 e. The fourth-order valence-corrected chi connectivity index (χ4v) is 1.30. The Balaban J connectivity index is 2.32. The number of benzene rings is 1. The normalized spacial score (nSPS) is 10.1. The molecule has 0 fully saturated rings. The number of anilines is 1. The van der Waals surface area contributed by atoms with Crippen LogP contribution in [0.3, 0.4) is 0 Å². The standard InChI is InChI=1S/C10H8ClFN4O/c11-6-3-1-2-4-8(6)17-9-7(12)5-14-10(15-9)16-13/h1-5H,13H2,(H,14,15,16). The van der Waals surface area contributed by atoms with Gasteiger partial charge in [0.05, 0.1) is 11.2 Å². The molecule has 0 amide bonds. The van der Waals surface area contributed by atoms with Gasteiger partial charge in [0.25, 0.3) is 5.88 Å². The Bertz CT molecular complexity index is 537. The Hall–Kier alpha value is -1.92. The fraction of sp³-hybridized carbons (Fsp3) is 0. The highest BCUT2D eigenvalue weighted by molar-refractivity contribution is 6.32. The van der Waals surface area contributed by atoms with Gasteiger partial charge in [-0.3, -0.25) is 5.43 Å². The number of aromatic nitrogens is 2. The molecule has 88 valence electrons. The maximum atomic E-state index is 13.4. The summed E-state index contributed by atoms with van der Waals surface area (Å²) in [6.45, 7) is 0. The minimum Gasteiger partial charge on any atom is -0.435 e. The summed E-state index contributed by atoms with van der Waals surface area (Å²) in [4.78, 5) is 7.31. The number of halogens is 2. The van der Waals surface area contributed by atoms with Gasteiger partial charge in [-0.05, 0) is 12.1 Å². The Morgan fingerprint density at radius 2 is 2.12 bits per heavy atom. The Morgan fingerprint density at radius 1 is 1.35 bits per heavy atom. The molecule has 0 saturated heterocycles. The molecule has 17 heavy (non-hydrogen) atoms. The van der Waals surface area contributed by atoms with Crippen LogP contribution in [0.25, 0.3) is 0 Å². The van der Waals surface area contributed by atoms with E-state index in [1.807, 2.05) is 0 Å². The average Bonchev–Trinajstić information content (AvgIpc) is 2.35. The van der Waals surface area contributed by atoms with Crippen molar-refractivity contribution in [2.24, 2.45) is 5.84 Å². The van der Waals surface area contributed by atoms with Gasteiger partial charge >= 0.3 is 0 Å². The second-order valence-corrected chi connectivity index (χ2v) is 3.43. The number of hydrogen-bond donors (Lipinski definition) is 2. The molecule has 0 saturated carbocycles. The van der Waals surface area contributed by atoms with Crippen molar-refractivity contribution in [1.29, 1.82) is 0 Å². The predicted octanol–water partition coefficient (Wildman–Crippen LogP) is 2.35. The molecule has 0 aliphatic carbocycles. The molecule has 3 N–H and O–H groups in total. The molecule has 5 nitrogen and oxygen atoms in total. The van der Waals surface area contributed by atoms with Crippen molar-refractivity contribution in [3.63, 3.8) is 0 Å². The first-order valence-corrected chi connectivity index (χ1v) is 5.00. The molecule has 2 aromatic rings. The second kappa shape index (κ2) is 4.94. The van der Waals surface area contributed by atoms with Crippen LogP contribution in [0.5, 0.6) is 11.6 Å². The van der Waals surface area contributed by atoms with Gasteiger partial charge in [-0.2, -0.15) is 9.37 Å². The molecule has 0 radical (unpaired) electrons. The summed E-state index contributed by atoms with van der Waals surface area (Å²) in [5, 5.41) is 0.354.